The molecule has 0 unspecified atom stereocenters. The van der Waals surface area contributed by atoms with E-state index >= 15 is 0 Å². The maximum atomic E-state index is 4.69. The van der Waals surface area contributed by atoms with Crippen LogP contribution in [0.5, 0.6) is 0 Å². The number of nitrogens with one attached hydrogen (secondary N) is 1. The molecule has 0 saturated carbocycles. The fourth-order valence-corrected chi connectivity index (χ4v) is 2.11. The summed E-state index contributed by atoms with van der Waals surface area (Å²) >= 11 is 0. The van der Waals surface area contributed by atoms with E-state index in [1.165, 1.54) is 5.56 Å². The first-order valence-electron chi connectivity index (χ1n) is 6.96. The molecule has 0 bridgehead atoms. The molecule has 4 nitrogen and oxygen atoms in total. The molecule has 2 aromatic rings. The van der Waals surface area contributed by atoms with Crippen molar-refractivity contribution in [3.63, 3.8) is 0 Å². The van der Waals surface area contributed by atoms with Gasteiger partial charge in [0.25, 0.3) is 0 Å². The second-order valence-electron chi connectivity index (χ2n) is 4.66. The van der Waals surface area contributed by atoms with Gasteiger partial charge >= 0.3 is 0 Å². The molecule has 4 heteroatoms. The highest BCUT2D eigenvalue weighted by molar-refractivity contribution is 5.31. The van der Waals surface area contributed by atoms with Gasteiger partial charge in [-0.15, -0.1) is 0 Å². The molecular weight excluding hydrogens is 236 g/mol. The Balaban J connectivity index is 2.25. The third-order valence-corrected chi connectivity index (χ3v) is 3.18. The van der Waals surface area contributed by atoms with Gasteiger partial charge < -0.3 is 5.32 Å². The number of hydrogen-bond donors (Lipinski definition) is 1. The first kappa shape index (κ1) is 13.7. The highest BCUT2D eigenvalue weighted by Gasteiger charge is 2.07. The van der Waals surface area contributed by atoms with Gasteiger partial charge in [0.1, 0.15) is 11.6 Å². The molecule has 0 fully saturated rings. The summed E-state index contributed by atoms with van der Waals surface area (Å²) in [7, 11) is 0. The molecule has 0 aliphatic heterocycles. The van der Waals surface area contributed by atoms with Gasteiger partial charge in [-0.25, -0.2) is 9.97 Å². The smallest absolute Gasteiger partial charge is 0.138 e. The van der Waals surface area contributed by atoms with Crippen molar-refractivity contribution in [3.8, 4) is 5.82 Å². The van der Waals surface area contributed by atoms with Crippen molar-refractivity contribution < 1.29 is 0 Å². The lowest BCUT2D eigenvalue weighted by Crippen LogP contribution is -2.14. The van der Waals surface area contributed by atoms with Crippen molar-refractivity contribution in [2.75, 3.05) is 6.54 Å². The van der Waals surface area contributed by atoms with Gasteiger partial charge in [0.2, 0.25) is 0 Å². The molecule has 0 aliphatic rings. The third-order valence-electron chi connectivity index (χ3n) is 3.18. The number of aromatic nitrogens is 3. The lowest BCUT2D eigenvalue weighted by molar-refractivity contribution is 0.717. The maximum absolute atomic E-state index is 4.69. The minimum Gasteiger partial charge on any atom is -0.313 e. The predicted octanol–water partition coefficient (Wildman–Crippen LogP) is 2.64. The minimum absolute atomic E-state index is 0.876. The first-order valence-corrected chi connectivity index (χ1v) is 6.96. The zero-order valence-electron chi connectivity index (χ0n) is 12.0. The fourth-order valence-electron chi connectivity index (χ4n) is 2.11. The van der Waals surface area contributed by atoms with Crippen molar-refractivity contribution in [3.05, 3.63) is 41.6 Å². The van der Waals surface area contributed by atoms with Crippen molar-refractivity contribution in [2.45, 2.75) is 40.2 Å². The van der Waals surface area contributed by atoms with Crippen LogP contribution in [0.3, 0.4) is 0 Å². The van der Waals surface area contributed by atoms with Crippen LogP contribution in [0.4, 0.5) is 0 Å². The van der Waals surface area contributed by atoms with Gasteiger partial charge in [-0.05, 0) is 31.5 Å². The van der Waals surface area contributed by atoms with E-state index in [4.69, 9.17) is 4.98 Å². The SMILES string of the molecule is CCCc1nccn1-c1ccc(CNCC)c(C)n1. The normalized spacial score (nSPS) is 10.9. The second kappa shape index (κ2) is 6.48. The maximum Gasteiger partial charge on any atom is 0.138 e. The zero-order valence-corrected chi connectivity index (χ0v) is 12.0. The van der Waals surface area contributed by atoms with E-state index in [1.54, 1.807) is 0 Å². The number of hydrogen-bond acceptors (Lipinski definition) is 3. The number of pyridine rings is 1. The molecule has 0 amide bonds. The average Bonchev–Trinajstić information content (AvgIpc) is 2.86. The highest BCUT2D eigenvalue weighted by atomic mass is 15.1. The summed E-state index contributed by atoms with van der Waals surface area (Å²) in [6.07, 6.45) is 5.90. The molecule has 102 valence electrons. The van der Waals surface area contributed by atoms with Gasteiger partial charge in [-0.2, -0.15) is 0 Å². The lowest BCUT2D eigenvalue weighted by atomic mass is 10.2. The van der Waals surface area contributed by atoms with Crippen LogP contribution in [-0.4, -0.2) is 21.1 Å². The second-order valence-corrected chi connectivity index (χ2v) is 4.66. The van der Waals surface area contributed by atoms with E-state index in [9.17, 15) is 0 Å². The number of imidazole rings is 1. The summed E-state index contributed by atoms with van der Waals surface area (Å²) < 4.78 is 2.08. The van der Waals surface area contributed by atoms with Crippen LogP contribution in [-0.2, 0) is 13.0 Å². The van der Waals surface area contributed by atoms with E-state index in [2.05, 4.69) is 47.8 Å². The largest absolute Gasteiger partial charge is 0.313 e. The van der Waals surface area contributed by atoms with Crippen LogP contribution in [0, 0.1) is 6.92 Å². The van der Waals surface area contributed by atoms with Crippen LogP contribution >= 0.6 is 0 Å². The van der Waals surface area contributed by atoms with Crippen molar-refractivity contribution in [2.24, 2.45) is 0 Å². The Labute approximate surface area is 114 Å². The summed E-state index contributed by atoms with van der Waals surface area (Å²) in [5.74, 6) is 2.03. The molecule has 0 atom stereocenters. The number of nitrogens with zero attached hydrogens (tertiary/aromatic N) is 3. The zero-order chi connectivity index (χ0) is 13.7. The van der Waals surface area contributed by atoms with E-state index in [1.807, 2.05) is 12.4 Å². The Morgan fingerprint density at radius 2 is 2.11 bits per heavy atom. The van der Waals surface area contributed by atoms with Gasteiger partial charge in [0.05, 0.1) is 0 Å². The molecule has 2 heterocycles. The molecule has 2 rings (SSSR count). The first-order chi connectivity index (χ1) is 9.26. The summed E-state index contributed by atoms with van der Waals surface area (Å²) in [6.45, 7) is 8.19. The molecular formula is C15H22N4. The molecule has 0 aliphatic carbocycles. The number of rotatable bonds is 6. The van der Waals surface area contributed by atoms with Crippen LogP contribution < -0.4 is 5.32 Å². The monoisotopic (exact) mass is 258 g/mol. The average molecular weight is 258 g/mol. The topological polar surface area (TPSA) is 42.7 Å². The van der Waals surface area contributed by atoms with Gasteiger partial charge in [-0.1, -0.05) is 19.9 Å². The molecule has 0 aromatic carbocycles. The molecule has 0 spiro atoms. The molecule has 19 heavy (non-hydrogen) atoms. The third kappa shape index (κ3) is 3.20. The van der Waals surface area contributed by atoms with E-state index in [0.717, 1.165) is 43.3 Å². The van der Waals surface area contributed by atoms with E-state index in [-0.39, 0.29) is 0 Å². The highest BCUT2D eigenvalue weighted by Crippen LogP contribution is 2.13. The Morgan fingerprint density at radius 1 is 1.26 bits per heavy atom. The fraction of sp³-hybridized carbons (Fsp3) is 0.467. The van der Waals surface area contributed by atoms with E-state index in [0.29, 0.717) is 0 Å². The van der Waals surface area contributed by atoms with Crippen LogP contribution in [0.25, 0.3) is 5.82 Å². The van der Waals surface area contributed by atoms with Crippen LogP contribution in [0.1, 0.15) is 37.4 Å². The van der Waals surface area contributed by atoms with Crippen LogP contribution in [0.2, 0.25) is 0 Å². The number of aryl methyl sites for hydroxylation is 2. The summed E-state index contributed by atoms with van der Waals surface area (Å²) in [5, 5.41) is 3.33. The Kier molecular flexibility index (Phi) is 4.68. The summed E-state index contributed by atoms with van der Waals surface area (Å²) in [5.41, 5.74) is 2.33. The van der Waals surface area contributed by atoms with Crippen molar-refractivity contribution in [1.82, 2.24) is 19.9 Å². The minimum atomic E-state index is 0.876. The van der Waals surface area contributed by atoms with Gasteiger partial charge in [0, 0.05) is 31.1 Å². The lowest BCUT2D eigenvalue weighted by Gasteiger charge is -2.10. The van der Waals surface area contributed by atoms with Gasteiger partial charge in [-0.3, -0.25) is 4.57 Å². The molecule has 0 radical (unpaired) electrons. The predicted molar refractivity (Wildman–Crippen MR) is 77.5 cm³/mol. The van der Waals surface area contributed by atoms with Crippen molar-refractivity contribution in [1.29, 1.82) is 0 Å². The Morgan fingerprint density at radius 3 is 2.79 bits per heavy atom. The quantitative estimate of drug-likeness (QED) is 0.866. The van der Waals surface area contributed by atoms with E-state index < -0.39 is 0 Å². The molecule has 2 aromatic heterocycles. The van der Waals surface area contributed by atoms with Crippen molar-refractivity contribution >= 4 is 0 Å². The van der Waals surface area contributed by atoms with Crippen LogP contribution in [0.15, 0.2) is 24.5 Å². The van der Waals surface area contributed by atoms with Gasteiger partial charge in [0.15, 0.2) is 0 Å². The summed E-state index contributed by atoms with van der Waals surface area (Å²) in [4.78, 5) is 9.09. The summed E-state index contributed by atoms with van der Waals surface area (Å²) in [6, 6.07) is 4.22. The Bertz CT molecular complexity index is 531. The standard InChI is InChI=1S/C15H22N4/c1-4-6-14-17-9-10-19(14)15-8-7-13(11-16-5-2)12(3)18-15/h7-10,16H,4-6,11H2,1-3H3. The molecule has 0 saturated heterocycles. The Hall–Kier alpha value is -1.68. The molecule has 1 N–H and O–H groups in total.